The van der Waals surface area contributed by atoms with Crippen LogP contribution in [-0.2, 0) is 19.6 Å². The van der Waals surface area contributed by atoms with E-state index in [1.54, 1.807) is 17.0 Å². The van der Waals surface area contributed by atoms with Crippen molar-refractivity contribution in [1.29, 1.82) is 0 Å². The molecule has 1 aliphatic rings. The number of hydrogen-bond acceptors (Lipinski definition) is 7. The maximum atomic E-state index is 14.0. The highest BCUT2D eigenvalue weighted by atomic mass is 32.2. The monoisotopic (exact) mass is 470 g/mol. The molecule has 0 bridgehead atoms. The number of carbonyl (C=O) groups excluding carboxylic acids is 1. The van der Waals surface area contributed by atoms with E-state index >= 15 is 0 Å². The zero-order valence-electron chi connectivity index (χ0n) is 17.7. The van der Waals surface area contributed by atoms with E-state index in [-0.39, 0.29) is 43.7 Å². The Kier molecular flexibility index (Phi) is 7.52. The van der Waals surface area contributed by atoms with Crippen LogP contribution in [0.1, 0.15) is 13.8 Å². The number of benzene rings is 2. The Morgan fingerprint density at radius 2 is 1.72 bits per heavy atom. The smallest absolute Gasteiger partial charge is 0.295 e. The quantitative estimate of drug-likeness (QED) is 0.317. The first kappa shape index (κ1) is 23.7. The number of sulfonamides is 1. The van der Waals surface area contributed by atoms with Crippen molar-refractivity contribution in [1.82, 2.24) is 4.31 Å². The zero-order chi connectivity index (χ0) is 23.3. The molecule has 0 aromatic heterocycles. The van der Waals surface area contributed by atoms with Crippen molar-refractivity contribution < 1.29 is 36.2 Å². The van der Waals surface area contributed by atoms with Gasteiger partial charge in [-0.3, -0.25) is 4.79 Å². The summed E-state index contributed by atoms with van der Waals surface area (Å²) in [7, 11) is -3.71. The van der Waals surface area contributed by atoms with Gasteiger partial charge in [-0.05, 0) is 38.1 Å². The van der Waals surface area contributed by atoms with Crippen LogP contribution < -0.4 is 14.4 Å². The average molecular weight is 470 g/mol. The number of hydrogen-bond donors (Lipinski definition) is 0. The van der Waals surface area contributed by atoms with Crippen molar-refractivity contribution in [2.75, 3.05) is 37.9 Å². The Balaban J connectivity index is 1.68. The standard InChI is InChI=1S/C21H24F2N2O6S/c1-15(2)31-17-3-5-18(6-4-17)32(27,28)25-9-7-24(8-10-25)16-11-19(22)21(23)20(12-16)30-14-29-13-26/h3-6,11-13,15H,7-10,14H2,1-2H3. The normalized spacial score (nSPS) is 15.0. The summed E-state index contributed by atoms with van der Waals surface area (Å²) >= 11 is 0. The highest BCUT2D eigenvalue weighted by Crippen LogP contribution is 2.29. The van der Waals surface area contributed by atoms with Gasteiger partial charge in [0, 0.05) is 44.0 Å². The molecule has 0 saturated carbocycles. The number of nitrogens with zero attached hydrogens (tertiary/aromatic N) is 2. The van der Waals surface area contributed by atoms with E-state index in [0.29, 0.717) is 11.4 Å². The molecule has 2 aromatic carbocycles. The zero-order valence-corrected chi connectivity index (χ0v) is 18.5. The summed E-state index contributed by atoms with van der Waals surface area (Å²) in [5.41, 5.74) is 0.331. The molecule has 8 nitrogen and oxygen atoms in total. The van der Waals surface area contributed by atoms with Crippen molar-refractivity contribution in [2.24, 2.45) is 0 Å². The molecule has 0 spiro atoms. The molecule has 0 amide bonds. The minimum atomic E-state index is -3.71. The third-order valence-corrected chi connectivity index (χ3v) is 6.68. The van der Waals surface area contributed by atoms with E-state index in [9.17, 15) is 22.0 Å². The van der Waals surface area contributed by atoms with Gasteiger partial charge in [0.25, 0.3) is 6.47 Å². The second-order valence-corrected chi connectivity index (χ2v) is 9.23. The van der Waals surface area contributed by atoms with Crippen LogP contribution in [0.15, 0.2) is 41.3 Å². The lowest BCUT2D eigenvalue weighted by Gasteiger charge is -2.35. The van der Waals surface area contributed by atoms with Gasteiger partial charge in [-0.25, -0.2) is 12.8 Å². The fraction of sp³-hybridized carbons (Fsp3) is 0.381. The minimum absolute atomic E-state index is 0.0229. The van der Waals surface area contributed by atoms with Gasteiger partial charge in [0.15, 0.2) is 11.6 Å². The molecule has 32 heavy (non-hydrogen) atoms. The van der Waals surface area contributed by atoms with Crippen molar-refractivity contribution in [2.45, 2.75) is 24.8 Å². The van der Waals surface area contributed by atoms with Crippen LogP contribution >= 0.6 is 0 Å². The third-order valence-electron chi connectivity index (χ3n) is 4.77. The lowest BCUT2D eigenvalue weighted by molar-refractivity contribution is -0.134. The summed E-state index contributed by atoms with van der Waals surface area (Å²) in [5.74, 6) is -2.14. The topological polar surface area (TPSA) is 85.4 Å². The van der Waals surface area contributed by atoms with Gasteiger partial charge in [-0.2, -0.15) is 8.70 Å². The van der Waals surface area contributed by atoms with Crippen molar-refractivity contribution in [3.63, 3.8) is 0 Å². The summed E-state index contributed by atoms with van der Waals surface area (Å²) in [4.78, 5) is 12.1. The predicted octanol–water partition coefficient (Wildman–Crippen LogP) is 2.77. The van der Waals surface area contributed by atoms with E-state index in [1.165, 1.54) is 22.5 Å². The van der Waals surface area contributed by atoms with Gasteiger partial charge < -0.3 is 19.1 Å². The predicted molar refractivity (Wildman–Crippen MR) is 112 cm³/mol. The van der Waals surface area contributed by atoms with Crippen LogP contribution in [0.5, 0.6) is 11.5 Å². The van der Waals surface area contributed by atoms with Gasteiger partial charge in [0.2, 0.25) is 22.6 Å². The van der Waals surface area contributed by atoms with E-state index in [4.69, 9.17) is 9.47 Å². The Hall–Kier alpha value is -2.92. The molecular formula is C21H24F2N2O6S. The van der Waals surface area contributed by atoms with Crippen LogP contribution in [0, 0.1) is 11.6 Å². The molecule has 1 fully saturated rings. The van der Waals surface area contributed by atoms with Gasteiger partial charge in [-0.15, -0.1) is 0 Å². The molecule has 1 saturated heterocycles. The maximum absolute atomic E-state index is 14.0. The number of carbonyl (C=O) groups is 1. The fourth-order valence-electron chi connectivity index (χ4n) is 3.26. The van der Waals surface area contributed by atoms with Crippen LogP contribution in [-0.4, -0.2) is 58.3 Å². The maximum Gasteiger partial charge on any atom is 0.295 e. The Bertz CT molecular complexity index is 1040. The molecule has 1 aliphatic heterocycles. The molecule has 0 unspecified atom stereocenters. The first-order valence-electron chi connectivity index (χ1n) is 9.91. The van der Waals surface area contributed by atoms with Gasteiger partial charge in [0.1, 0.15) is 5.75 Å². The third kappa shape index (κ3) is 5.46. The highest BCUT2D eigenvalue weighted by Gasteiger charge is 2.29. The summed E-state index contributed by atoms with van der Waals surface area (Å²) in [5, 5.41) is 0. The second-order valence-electron chi connectivity index (χ2n) is 7.29. The molecule has 2 aromatic rings. The average Bonchev–Trinajstić information content (AvgIpc) is 2.76. The van der Waals surface area contributed by atoms with Gasteiger partial charge in [0.05, 0.1) is 11.0 Å². The summed E-state index contributed by atoms with van der Waals surface area (Å²) < 4.78 is 70.0. The minimum Gasteiger partial charge on any atom is -0.491 e. The van der Waals surface area contributed by atoms with Crippen LogP contribution in [0.25, 0.3) is 0 Å². The number of piperazine rings is 1. The SMILES string of the molecule is CC(C)Oc1ccc(S(=O)(=O)N2CCN(c3cc(F)c(F)c(OCOC=O)c3)CC2)cc1. The Labute approximate surface area is 185 Å². The Morgan fingerprint density at radius 1 is 1.06 bits per heavy atom. The summed E-state index contributed by atoms with van der Waals surface area (Å²) in [6.07, 6.45) is -0.0229. The summed E-state index contributed by atoms with van der Waals surface area (Å²) in [6.45, 7) is 4.19. The van der Waals surface area contributed by atoms with E-state index in [0.717, 1.165) is 6.07 Å². The van der Waals surface area contributed by atoms with Crippen molar-refractivity contribution in [3.05, 3.63) is 48.0 Å². The molecule has 11 heteroatoms. The first-order chi connectivity index (χ1) is 15.2. The molecule has 0 atom stereocenters. The van der Waals surface area contributed by atoms with Crippen molar-refractivity contribution >= 4 is 22.2 Å². The van der Waals surface area contributed by atoms with Crippen LogP contribution in [0.4, 0.5) is 14.5 Å². The molecule has 0 aliphatic carbocycles. The number of anilines is 1. The number of ether oxygens (including phenoxy) is 3. The largest absolute Gasteiger partial charge is 0.491 e. The van der Waals surface area contributed by atoms with E-state index in [2.05, 4.69) is 4.74 Å². The highest BCUT2D eigenvalue weighted by molar-refractivity contribution is 7.89. The molecule has 174 valence electrons. The molecule has 0 N–H and O–H groups in total. The van der Waals surface area contributed by atoms with Crippen LogP contribution in [0.3, 0.4) is 0 Å². The van der Waals surface area contributed by atoms with Gasteiger partial charge in [-0.1, -0.05) is 0 Å². The molecule has 0 radical (unpaired) electrons. The lowest BCUT2D eigenvalue weighted by atomic mass is 10.2. The number of halogens is 2. The lowest BCUT2D eigenvalue weighted by Crippen LogP contribution is -2.48. The fourth-order valence-corrected chi connectivity index (χ4v) is 4.68. The molecule has 1 heterocycles. The molecule has 3 rings (SSSR count). The summed E-state index contributed by atoms with van der Waals surface area (Å²) in [6, 6.07) is 8.52. The number of rotatable bonds is 9. The molecular weight excluding hydrogens is 446 g/mol. The van der Waals surface area contributed by atoms with E-state index < -0.39 is 34.2 Å². The Morgan fingerprint density at radius 3 is 2.31 bits per heavy atom. The van der Waals surface area contributed by atoms with Crippen LogP contribution in [0.2, 0.25) is 0 Å². The van der Waals surface area contributed by atoms with E-state index in [1.807, 2.05) is 13.8 Å². The van der Waals surface area contributed by atoms with Gasteiger partial charge >= 0.3 is 0 Å². The second kappa shape index (κ2) is 10.1. The van der Waals surface area contributed by atoms with Crippen molar-refractivity contribution in [3.8, 4) is 11.5 Å². The first-order valence-corrected chi connectivity index (χ1v) is 11.4.